The number of hydrogen-bond donors (Lipinski definition) is 0. The summed E-state index contributed by atoms with van der Waals surface area (Å²) in [6.45, 7) is 3.01. The standard InChI is InChI=1S/C17H18ClN5O2/c1-25-9-8-23-16-14(10-19-23)17(24)22-7-6-21(11-15(22)20-16)13-4-2-12(18)3-5-13/h2-5,10H,6-9,11H2,1H3. The Morgan fingerprint density at radius 3 is 2.80 bits per heavy atom. The van der Waals surface area contributed by atoms with Crippen LogP contribution in [0.3, 0.4) is 0 Å². The third-order valence-electron chi connectivity index (χ3n) is 4.46. The van der Waals surface area contributed by atoms with Crippen LogP contribution in [0.15, 0.2) is 35.3 Å². The molecule has 2 aromatic heterocycles. The molecule has 0 spiro atoms. The molecule has 0 saturated carbocycles. The molecule has 0 amide bonds. The summed E-state index contributed by atoms with van der Waals surface area (Å²) >= 11 is 5.97. The van der Waals surface area contributed by atoms with Crippen LogP contribution < -0.4 is 10.5 Å². The SMILES string of the molecule is COCCn1ncc2c(=O)n3c(nc21)CN(c1ccc(Cl)cc1)CC3. The molecule has 130 valence electrons. The van der Waals surface area contributed by atoms with Crippen LogP contribution in [-0.2, 0) is 24.4 Å². The highest BCUT2D eigenvalue weighted by atomic mass is 35.5. The number of hydrogen-bond acceptors (Lipinski definition) is 5. The van der Waals surface area contributed by atoms with E-state index < -0.39 is 0 Å². The van der Waals surface area contributed by atoms with Crippen molar-refractivity contribution in [3.05, 3.63) is 51.7 Å². The highest BCUT2D eigenvalue weighted by Crippen LogP contribution is 2.22. The van der Waals surface area contributed by atoms with Crippen LogP contribution in [0.2, 0.25) is 5.02 Å². The molecule has 4 rings (SSSR count). The fourth-order valence-electron chi connectivity index (χ4n) is 3.13. The first kappa shape index (κ1) is 16.1. The van der Waals surface area contributed by atoms with Crippen molar-refractivity contribution in [1.29, 1.82) is 0 Å². The molecule has 1 aromatic carbocycles. The Balaban J connectivity index is 1.72. The molecule has 3 aromatic rings. The first-order chi connectivity index (χ1) is 12.2. The lowest BCUT2D eigenvalue weighted by Gasteiger charge is -2.30. The number of halogens is 1. The van der Waals surface area contributed by atoms with Gasteiger partial charge in [0.05, 0.1) is 25.9 Å². The van der Waals surface area contributed by atoms with Gasteiger partial charge < -0.3 is 9.64 Å². The van der Waals surface area contributed by atoms with Crippen molar-refractivity contribution >= 4 is 28.3 Å². The molecule has 0 fully saturated rings. The molecule has 1 aliphatic rings. The van der Waals surface area contributed by atoms with Crippen molar-refractivity contribution in [1.82, 2.24) is 19.3 Å². The van der Waals surface area contributed by atoms with Gasteiger partial charge in [-0.25, -0.2) is 9.67 Å². The third kappa shape index (κ3) is 2.89. The van der Waals surface area contributed by atoms with Crippen LogP contribution in [0.5, 0.6) is 0 Å². The summed E-state index contributed by atoms with van der Waals surface area (Å²) in [7, 11) is 1.64. The van der Waals surface area contributed by atoms with E-state index in [2.05, 4.69) is 10.00 Å². The zero-order chi connectivity index (χ0) is 17.4. The number of anilines is 1. The van der Waals surface area contributed by atoms with Gasteiger partial charge in [-0.2, -0.15) is 5.10 Å². The topological polar surface area (TPSA) is 65.2 Å². The maximum absolute atomic E-state index is 12.8. The minimum atomic E-state index is -0.0283. The van der Waals surface area contributed by atoms with E-state index in [1.54, 1.807) is 22.6 Å². The second-order valence-corrected chi connectivity index (χ2v) is 6.42. The molecule has 1 aliphatic heterocycles. The molecule has 0 atom stereocenters. The van der Waals surface area contributed by atoms with Gasteiger partial charge in [0.1, 0.15) is 11.2 Å². The summed E-state index contributed by atoms with van der Waals surface area (Å²) in [4.78, 5) is 19.7. The number of fused-ring (bicyclic) bond motifs is 2. The van der Waals surface area contributed by atoms with E-state index in [1.807, 2.05) is 24.3 Å². The average molecular weight is 360 g/mol. The zero-order valence-electron chi connectivity index (χ0n) is 13.9. The summed E-state index contributed by atoms with van der Waals surface area (Å²) in [6, 6.07) is 7.71. The summed E-state index contributed by atoms with van der Waals surface area (Å²) in [6.07, 6.45) is 1.60. The largest absolute Gasteiger partial charge is 0.383 e. The summed E-state index contributed by atoms with van der Waals surface area (Å²) < 4.78 is 8.57. The number of methoxy groups -OCH3 is 1. The van der Waals surface area contributed by atoms with Gasteiger partial charge >= 0.3 is 0 Å². The molecule has 0 bridgehead atoms. The van der Waals surface area contributed by atoms with E-state index in [0.29, 0.717) is 42.3 Å². The van der Waals surface area contributed by atoms with Crippen LogP contribution in [0.1, 0.15) is 5.82 Å². The van der Waals surface area contributed by atoms with E-state index in [-0.39, 0.29) is 5.56 Å². The van der Waals surface area contributed by atoms with Crippen molar-refractivity contribution in [3.63, 3.8) is 0 Å². The monoisotopic (exact) mass is 359 g/mol. The van der Waals surface area contributed by atoms with Gasteiger partial charge in [-0.3, -0.25) is 9.36 Å². The van der Waals surface area contributed by atoms with Crippen molar-refractivity contribution in [2.45, 2.75) is 19.6 Å². The Labute approximate surface area is 149 Å². The molecule has 3 heterocycles. The molecular weight excluding hydrogens is 342 g/mol. The third-order valence-corrected chi connectivity index (χ3v) is 4.71. The highest BCUT2D eigenvalue weighted by molar-refractivity contribution is 6.30. The average Bonchev–Trinajstić information content (AvgIpc) is 3.03. The minimum Gasteiger partial charge on any atom is -0.383 e. The molecule has 0 aliphatic carbocycles. The second-order valence-electron chi connectivity index (χ2n) is 5.98. The normalized spacial score (nSPS) is 14.1. The Bertz CT molecular complexity index is 964. The lowest BCUT2D eigenvalue weighted by Crippen LogP contribution is -2.40. The smallest absolute Gasteiger partial charge is 0.264 e. The number of ether oxygens (including phenoxy) is 1. The number of aromatic nitrogens is 4. The van der Waals surface area contributed by atoms with Crippen LogP contribution in [0, 0.1) is 0 Å². The molecule has 0 N–H and O–H groups in total. The van der Waals surface area contributed by atoms with Crippen LogP contribution >= 0.6 is 11.6 Å². The molecule has 7 nitrogen and oxygen atoms in total. The van der Waals surface area contributed by atoms with Crippen molar-refractivity contribution in [2.24, 2.45) is 0 Å². The quantitative estimate of drug-likeness (QED) is 0.712. The maximum Gasteiger partial charge on any atom is 0.264 e. The van der Waals surface area contributed by atoms with Gasteiger partial charge in [-0.1, -0.05) is 11.6 Å². The minimum absolute atomic E-state index is 0.0283. The lowest BCUT2D eigenvalue weighted by molar-refractivity contribution is 0.184. The molecular formula is C17H18ClN5O2. The number of benzene rings is 1. The molecule has 25 heavy (non-hydrogen) atoms. The number of rotatable bonds is 4. The summed E-state index contributed by atoms with van der Waals surface area (Å²) in [5, 5.41) is 5.55. The molecule has 8 heteroatoms. The van der Waals surface area contributed by atoms with Gasteiger partial charge in [0, 0.05) is 30.9 Å². The second kappa shape index (κ2) is 6.50. The van der Waals surface area contributed by atoms with E-state index in [0.717, 1.165) is 18.1 Å². The predicted molar refractivity (Wildman–Crippen MR) is 96.2 cm³/mol. The van der Waals surface area contributed by atoms with E-state index in [4.69, 9.17) is 21.3 Å². The lowest BCUT2D eigenvalue weighted by atomic mass is 10.2. The van der Waals surface area contributed by atoms with Crippen LogP contribution in [-0.4, -0.2) is 39.6 Å². The first-order valence-corrected chi connectivity index (χ1v) is 8.50. The van der Waals surface area contributed by atoms with Gasteiger partial charge in [0.15, 0.2) is 5.65 Å². The number of nitrogens with zero attached hydrogens (tertiary/aromatic N) is 5. The molecule has 0 unspecified atom stereocenters. The van der Waals surface area contributed by atoms with Gasteiger partial charge in [-0.05, 0) is 24.3 Å². The van der Waals surface area contributed by atoms with E-state index in [1.165, 1.54) is 0 Å². The Morgan fingerprint density at radius 2 is 2.04 bits per heavy atom. The van der Waals surface area contributed by atoms with E-state index >= 15 is 0 Å². The van der Waals surface area contributed by atoms with Crippen LogP contribution in [0.4, 0.5) is 5.69 Å². The maximum atomic E-state index is 12.8. The van der Waals surface area contributed by atoms with Crippen molar-refractivity contribution < 1.29 is 4.74 Å². The van der Waals surface area contributed by atoms with Crippen molar-refractivity contribution in [3.8, 4) is 0 Å². The van der Waals surface area contributed by atoms with Gasteiger partial charge in [0.25, 0.3) is 5.56 Å². The van der Waals surface area contributed by atoms with Crippen LogP contribution in [0.25, 0.3) is 11.0 Å². The van der Waals surface area contributed by atoms with Crippen molar-refractivity contribution in [2.75, 3.05) is 25.2 Å². The summed E-state index contributed by atoms with van der Waals surface area (Å²) in [5.74, 6) is 0.748. The first-order valence-electron chi connectivity index (χ1n) is 8.12. The van der Waals surface area contributed by atoms with Gasteiger partial charge in [0.2, 0.25) is 0 Å². The fourth-order valence-corrected chi connectivity index (χ4v) is 3.25. The predicted octanol–water partition coefficient (Wildman–Crippen LogP) is 1.91. The fraction of sp³-hybridized carbons (Fsp3) is 0.353. The Morgan fingerprint density at radius 1 is 1.24 bits per heavy atom. The van der Waals surface area contributed by atoms with Gasteiger partial charge in [-0.15, -0.1) is 0 Å². The Kier molecular flexibility index (Phi) is 4.19. The zero-order valence-corrected chi connectivity index (χ0v) is 14.6. The Hall–Kier alpha value is -2.38. The summed E-state index contributed by atoms with van der Waals surface area (Å²) in [5.41, 5.74) is 1.66. The van der Waals surface area contributed by atoms with E-state index in [9.17, 15) is 4.79 Å². The molecule has 0 saturated heterocycles. The highest BCUT2D eigenvalue weighted by Gasteiger charge is 2.22. The molecule has 0 radical (unpaired) electrons.